The molecular weight excluding hydrogens is 291 g/mol. The Bertz CT molecular complexity index is 717. The van der Waals surface area contributed by atoms with Gasteiger partial charge in [0.05, 0.1) is 12.1 Å². The molecule has 0 aliphatic heterocycles. The third-order valence-corrected chi connectivity index (χ3v) is 3.48. The van der Waals surface area contributed by atoms with E-state index in [1.807, 2.05) is 6.07 Å². The first-order chi connectivity index (χ1) is 10.3. The van der Waals surface area contributed by atoms with Crippen LogP contribution in [0.1, 0.15) is 29.5 Å². The molecule has 0 radical (unpaired) electrons. The molecule has 0 fully saturated rings. The number of benzene rings is 1. The van der Waals surface area contributed by atoms with Gasteiger partial charge in [-0.1, -0.05) is 43.3 Å². The van der Waals surface area contributed by atoms with Crippen LogP contribution < -0.4 is 5.56 Å². The van der Waals surface area contributed by atoms with Crippen molar-refractivity contribution in [1.29, 1.82) is 0 Å². The summed E-state index contributed by atoms with van der Waals surface area (Å²) in [6, 6.07) is 9.81. The number of pyridine rings is 1. The lowest BCUT2D eigenvalue weighted by Gasteiger charge is -2.15. The standard InChI is InChI=1S/C17H16F3NO/c1-3-12(2)15-9-14(17(18,19)20)11-21(16(15)22)10-13-7-5-4-6-8-13/h3-9,11-12H,1,10H2,2H3. The molecular formula is C17H16F3NO. The Kier molecular flexibility index (Phi) is 4.54. The molecule has 2 nitrogen and oxygen atoms in total. The number of alkyl halides is 3. The predicted octanol–water partition coefficient (Wildman–Crippen LogP) is 4.20. The Morgan fingerprint density at radius 2 is 1.91 bits per heavy atom. The summed E-state index contributed by atoms with van der Waals surface area (Å²) in [6.07, 6.45) is -2.17. The first kappa shape index (κ1) is 16.1. The van der Waals surface area contributed by atoms with E-state index in [9.17, 15) is 18.0 Å². The minimum absolute atomic E-state index is 0.0977. The second kappa shape index (κ2) is 6.22. The van der Waals surface area contributed by atoms with E-state index in [4.69, 9.17) is 0 Å². The van der Waals surface area contributed by atoms with Gasteiger partial charge >= 0.3 is 6.18 Å². The Labute approximate surface area is 126 Å². The highest BCUT2D eigenvalue weighted by molar-refractivity contribution is 5.28. The number of halogens is 3. The van der Waals surface area contributed by atoms with Gasteiger partial charge in [0.15, 0.2) is 0 Å². The third-order valence-electron chi connectivity index (χ3n) is 3.48. The van der Waals surface area contributed by atoms with Crippen molar-refractivity contribution in [3.63, 3.8) is 0 Å². The molecule has 0 aliphatic rings. The van der Waals surface area contributed by atoms with Gasteiger partial charge in [-0.3, -0.25) is 4.79 Å². The maximum absolute atomic E-state index is 13.0. The van der Waals surface area contributed by atoms with Crippen molar-refractivity contribution in [2.75, 3.05) is 0 Å². The van der Waals surface area contributed by atoms with Crippen LogP contribution in [-0.4, -0.2) is 4.57 Å². The Hall–Kier alpha value is -2.30. The van der Waals surface area contributed by atoms with Crippen molar-refractivity contribution in [2.24, 2.45) is 0 Å². The SMILES string of the molecule is C=CC(C)c1cc(C(F)(F)F)cn(Cc2ccccc2)c1=O. The summed E-state index contributed by atoms with van der Waals surface area (Å²) in [6.45, 7) is 5.30. The average molecular weight is 307 g/mol. The van der Waals surface area contributed by atoms with Crippen molar-refractivity contribution < 1.29 is 13.2 Å². The summed E-state index contributed by atoms with van der Waals surface area (Å²) in [7, 11) is 0. The lowest BCUT2D eigenvalue weighted by Crippen LogP contribution is -2.27. The summed E-state index contributed by atoms with van der Waals surface area (Å²) in [4.78, 5) is 12.4. The second-order valence-electron chi connectivity index (χ2n) is 5.12. The van der Waals surface area contributed by atoms with Crippen LogP contribution in [-0.2, 0) is 12.7 Å². The molecule has 0 aliphatic carbocycles. The smallest absolute Gasteiger partial charge is 0.310 e. The quantitative estimate of drug-likeness (QED) is 0.776. The molecule has 22 heavy (non-hydrogen) atoms. The van der Waals surface area contributed by atoms with Crippen LogP contribution in [0.3, 0.4) is 0 Å². The van der Waals surface area contributed by atoms with Gasteiger partial charge in [-0.15, -0.1) is 6.58 Å². The molecule has 1 unspecified atom stereocenters. The number of nitrogens with zero attached hydrogens (tertiary/aromatic N) is 1. The van der Waals surface area contributed by atoms with Crippen molar-refractivity contribution in [3.05, 3.63) is 82.3 Å². The zero-order valence-corrected chi connectivity index (χ0v) is 12.1. The van der Waals surface area contributed by atoms with Gasteiger partial charge in [0.2, 0.25) is 0 Å². The molecule has 5 heteroatoms. The van der Waals surface area contributed by atoms with Gasteiger partial charge < -0.3 is 4.57 Å². The van der Waals surface area contributed by atoms with Gasteiger partial charge in [0, 0.05) is 17.7 Å². The molecule has 1 aromatic heterocycles. The highest BCUT2D eigenvalue weighted by atomic mass is 19.4. The molecule has 0 amide bonds. The normalized spacial score (nSPS) is 12.9. The Morgan fingerprint density at radius 1 is 1.27 bits per heavy atom. The number of hydrogen-bond donors (Lipinski definition) is 0. The number of allylic oxidation sites excluding steroid dienone is 1. The van der Waals surface area contributed by atoms with Crippen LogP contribution in [0, 0.1) is 0 Å². The maximum atomic E-state index is 13.0. The second-order valence-corrected chi connectivity index (χ2v) is 5.12. The van der Waals surface area contributed by atoms with Gasteiger partial charge in [0.1, 0.15) is 0 Å². The molecule has 116 valence electrons. The van der Waals surface area contributed by atoms with Gasteiger partial charge in [0.25, 0.3) is 5.56 Å². The highest BCUT2D eigenvalue weighted by Gasteiger charge is 2.32. The van der Waals surface area contributed by atoms with E-state index in [-0.39, 0.29) is 12.1 Å². The molecule has 0 bridgehead atoms. The Balaban J connectivity index is 2.57. The van der Waals surface area contributed by atoms with Crippen LogP contribution >= 0.6 is 0 Å². The molecule has 0 saturated heterocycles. The molecule has 2 aromatic rings. The molecule has 1 atom stereocenters. The number of rotatable bonds is 4. The summed E-state index contributed by atoms with van der Waals surface area (Å²) < 4.78 is 40.2. The van der Waals surface area contributed by atoms with Gasteiger partial charge in [-0.25, -0.2) is 0 Å². The maximum Gasteiger partial charge on any atom is 0.417 e. The van der Waals surface area contributed by atoms with E-state index in [0.29, 0.717) is 0 Å². The summed E-state index contributed by atoms with van der Waals surface area (Å²) in [5.74, 6) is -0.447. The first-order valence-corrected chi connectivity index (χ1v) is 6.81. The zero-order valence-electron chi connectivity index (χ0n) is 12.1. The summed E-state index contributed by atoms with van der Waals surface area (Å²) in [5, 5.41) is 0. The average Bonchev–Trinajstić information content (AvgIpc) is 2.48. The fraction of sp³-hybridized carbons (Fsp3) is 0.235. The summed E-state index contributed by atoms with van der Waals surface area (Å²) in [5.41, 5.74) is -0.391. The van der Waals surface area contributed by atoms with Crippen LogP contribution in [0.2, 0.25) is 0 Å². The Morgan fingerprint density at radius 3 is 2.45 bits per heavy atom. The van der Waals surface area contributed by atoms with E-state index < -0.39 is 23.2 Å². The van der Waals surface area contributed by atoms with Gasteiger partial charge in [-0.05, 0) is 11.6 Å². The largest absolute Gasteiger partial charge is 0.417 e. The number of hydrogen-bond acceptors (Lipinski definition) is 1. The highest BCUT2D eigenvalue weighted by Crippen LogP contribution is 2.30. The van der Waals surface area contributed by atoms with E-state index >= 15 is 0 Å². The van der Waals surface area contributed by atoms with Crippen molar-refractivity contribution in [3.8, 4) is 0 Å². The van der Waals surface area contributed by atoms with Gasteiger partial charge in [-0.2, -0.15) is 13.2 Å². The van der Waals surface area contributed by atoms with Crippen LogP contribution in [0.5, 0.6) is 0 Å². The van der Waals surface area contributed by atoms with Crippen LogP contribution in [0.15, 0.2) is 60.0 Å². The molecule has 0 spiro atoms. The van der Waals surface area contributed by atoms with Crippen molar-refractivity contribution >= 4 is 0 Å². The fourth-order valence-corrected chi connectivity index (χ4v) is 2.16. The molecule has 1 heterocycles. The van der Waals surface area contributed by atoms with Crippen LogP contribution in [0.25, 0.3) is 0 Å². The molecule has 0 saturated carbocycles. The minimum atomic E-state index is -4.50. The van der Waals surface area contributed by atoms with E-state index in [1.165, 1.54) is 6.08 Å². The minimum Gasteiger partial charge on any atom is -0.310 e. The van der Waals surface area contributed by atoms with Crippen molar-refractivity contribution in [1.82, 2.24) is 4.57 Å². The monoisotopic (exact) mass is 307 g/mol. The lowest BCUT2D eigenvalue weighted by atomic mass is 10.0. The third kappa shape index (κ3) is 3.47. The van der Waals surface area contributed by atoms with E-state index in [2.05, 4.69) is 6.58 Å². The lowest BCUT2D eigenvalue weighted by molar-refractivity contribution is -0.138. The van der Waals surface area contributed by atoms with E-state index in [1.54, 1.807) is 31.2 Å². The molecule has 0 N–H and O–H groups in total. The van der Waals surface area contributed by atoms with Crippen LogP contribution in [0.4, 0.5) is 13.2 Å². The topological polar surface area (TPSA) is 22.0 Å². The fourth-order valence-electron chi connectivity index (χ4n) is 2.16. The number of aromatic nitrogens is 1. The first-order valence-electron chi connectivity index (χ1n) is 6.81. The van der Waals surface area contributed by atoms with E-state index in [0.717, 1.165) is 22.4 Å². The molecule has 2 rings (SSSR count). The zero-order chi connectivity index (χ0) is 16.3. The molecule has 1 aromatic carbocycles. The van der Waals surface area contributed by atoms with Crippen molar-refractivity contribution in [2.45, 2.75) is 25.6 Å². The predicted molar refractivity (Wildman–Crippen MR) is 79.9 cm³/mol. The summed E-state index contributed by atoms with van der Waals surface area (Å²) >= 11 is 0.